The van der Waals surface area contributed by atoms with Gasteiger partial charge in [-0.05, 0) is 37.4 Å². The van der Waals surface area contributed by atoms with Crippen LogP contribution in [0.1, 0.15) is 32.1 Å². The monoisotopic (exact) mass is 245 g/mol. The number of hydrogen-bond acceptors (Lipinski definition) is 2. The molecule has 1 unspecified atom stereocenters. The maximum absolute atomic E-state index is 5.90. The van der Waals surface area contributed by atoms with Crippen LogP contribution in [-0.2, 0) is 6.42 Å². The lowest BCUT2D eigenvalue weighted by molar-refractivity contribution is 0.386. The Morgan fingerprint density at radius 3 is 2.60 bits per heavy atom. The molecule has 1 aromatic rings. The fourth-order valence-electron chi connectivity index (χ4n) is 1.72. The first kappa shape index (κ1) is 13.0. The van der Waals surface area contributed by atoms with Crippen molar-refractivity contribution >= 4 is 22.9 Å². The molecule has 0 aliphatic rings. The summed E-state index contributed by atoms with van der Waals surface area (Å²) >= 11 is 7.60. The summed E-state index contributed by atoms with van der Waals surface area (Å²) in [5, 5.41) is 3.53. The number of aryl methyl sites for hydroxylation is 1. The van der Waals surface area contributed by atoms with Crippen molar-refractivity contribution in [2.75, 3.05) is 6.54 Å². The van der Waals surface area contributed by atoms with E-state index in [9.17, 15) is 0 Å². The van der Waals surface area contributed by atoms with E-state index in [1.807, 2.05) is 6.07 Å². The van der Waals surface area contributed by atoms with Crippen LogP contribution in [0.3, 0.4) is 0 Å². The quantitative estimate of drug-likeness (QED) is 0.800. The van der Waals surface area contributed by atoms with Gasteiger partial charge in [-0.25, -0.2) is 0 Å². The zero-order valence-electron chi connectivity index (χ0n) is 9.72. The summed E-state index contributed by atoms with van der Waals surface area (Å²) < 4.78 is 0.898. The van der Waals surface area contributed by atoms with Crippen LogP contribution in [0.2, 0.25) is 4.34 Å². The third-order valence-electron chi connectivity index (χ3n) is 2.60. The van der Waals surface area contributed by atoms with Gasteiger partial charge in [0.25, 0.3) is 0 Å². The molecule has 1 N–H and O–H groups in total. The predicted octanol–water partition coefficient (Wildman–Crippen LogP) is 3.97. The van der Waals surface area contributed by atoms with Crippen molar-refractivity contribution in [2.24, 2.45) is 5.92 Å². The van der Waals surface area contributed by atoms with Crippen molar-refractivity contribution < 1.29 is 0 Å². The third kappa shape index (κ3) is 4.54. The molecular weight excluding hydrogens is 226 g/mol. The molecule has 1 heterocycles. The topological polar surface area (TPSA) is 12.0 Å². The van der Waals surface area contributed by atoms with Gasteiger partial charge < -0.3 is 5.32 Å². The normalized spacial score (nSPS) is 13.4. The number of hydrogen-bond donors (Lipinski definition) is 1. The maximum Gasteiger partial charge on any atom is 0.0931 e. The molecule has 0 amide bonds. The van der Waals surface area contributed by atoms with Crippen molar-refractivity contribution in [1.29, 1.82) is 0 Å². The van der Waals surface area contributed by atoms with Crippen LogP contribution in [0.5, 0.6) is 0 Å². The number of halogens is 1. The Balaban J connectivity index is 2.39. The smallest absolute Gasteiger partial charge is 0.0931 e. The van der Waals surface area contributed by atoms with Gasteiger partial charge in [-0.15, -0.1) is 11.3 Å². The minimum Gasteiger partial charge on any atom is -0.314 e. The molecule has 1 rings (SSSR count). The highest BCUT2D eigenvalue weighted by molar-refractivity contribution is 7.16. The second-order valence-electron chi connectivity index (χ2n) is 4.15. The van der Waals surface area contributed by atoms with E-state index in [0.29, 0.717) is 12.0 Å². The van der Waals surface area contributed by atoms with Gasteiger partial charge in [-0.1, -0.05) is 32.4 Å². The molecule has 0 saturated carbocycles. The summed E-state index contributed by atoms with van der Waals surface area (Å²) in [5.41, 5.74) is 0. The van der Waals surface area contributed by atoms with Crippen LogP contribution in [0.4, 0.5) is 0 Å². The van der Waals surface area contributed by atoms with Crippen LogP contribution in [-0.4, -0.2) is 12.6 Å². The van der Waals surface area contributed by atoms with Crippen LogP contribution >= 0.6 is 22.9 Å². The van der Waals surface area contributed by atoms with Crippen LogP contribution in [0.25, 0.3) is 0 Å². The van der Waals surface area contributed by atoms with Gasteiger partial charge in [-0.2, -0.15) is 0 Å². The standard InChI is InChI=1S/C12H20ClNS/c1-4-14-11(9(2)3)7-5-10-6-8-12(13)15-10/h6,8-9,11,14H,4-5,7H2,1-3H3. The average Bonchev–Trinajstić information content (AvgIpc) is 2.58. The highest BCUT2D eigenvalue weighted by atomic mass is 35.5. The van der Waals surface area contributed by atoms with E-state index in [2.05, 4.69) is 32.2 Å². The number of thiophene rings is 1. The molecule has 0 spiro atoms. The molecule has 15 heavy (non-hydrogen) atoms. The van der Waals surface area contributed by atoms with E-state index < -0.39 is 0 Å². The van der Waals surface area contributed by atoms with Gasteiger partial charge in [0.05, 0.1) is 4.34 Å². The van der Waals surface area contributed by atoms with Crippen LogP contribution < -0.4 is 5.32 Å². The van der Waals surface area contributed by atoms with E-state index in [-0.39, 0.29) is 0 Å². The second kappa shape index (κ2) is 6.51. The van der Waals surface area contributed by atoms with Gasteiger partial charge in [0.15, 0.2) is 0 Å². The highest BCUT2D eigenvalue weighted by Gasteiger charge is 2.12. The largest absolute Gasteiger partial charge is 0.314 e. The Morgan fingerprint density at radius 2 is 2.13 bits per heavy atom. The Hall–Kier alpha value is -0.0500. The van der Waals surface area contributed by atoms with Crippen molar-refractivity contribution in [1.82, 2.24) is 5.32 Å². The lowest BCUT2D eigenvalue weighted by atomic mass is 9.99. The van der Waals surface area contributed by atoms with Crippen LogP contribution in [0, 0.1) is 5.92 Å². The summed E-state index contributed by atoms with van der Waals surface area (Å²) in [6, 6.07) is 4.74. The fourth-order valence-corrected chi connectivity index (χ4v) is 2.82. The lowest BCUT2D eigenvalue weighted by Crippen LogP contribution is -2.33. The Kier molecular flexibility index (Phi) is 5.65. The van der Waals surface area contributed by atoms with Crippen LogP contribution in [0.15, 0.2) is 12.1 Å². The Morgan fingerprint density at radius 1 is 1.40 bits per heavy atom. The zero-order valence-corrected chi connectivity index (χ0v) is 11.3. The first-order chi connectivity index (χ1) is 7.13. The van der Waals surface area contributed by atoms with E-state index in [1.165, 1.54) is 11.3 Å². The molecule has 0 saturated heterocycles. The predicted molar refractivity (Wildman–Crippen MR) is 70.0 cm³/mol. The zero-order chi connectivity index (χ0) is 11.3. The first-order valence-corrected chi connectivity index (χ1v) is 6.80. The van der Waals surface area contributed by atoms with Gasteiger partial charge in [-0.3, -0.25) is 0 Å². The van der Waals surface area contributed by atoms with Gasteiger partial charge >= 0.3 is 0 Å². The minimum absolute atomic E-state index is 0.621. The molecule has 0 aliphatic carbocycles. The Bertz CT molecular complexity index is 283. The molecule has 0 radical (unpaired) electrons. The average molecular weight is 246 g/mol. The molecule has 0 bridgehead atoms. The third-order valence-corrected chi connectivity index (χ3v) is 3.89. The number of nitrogens with one attached hydrogen (secondary N) is 1. The molecule has 0 fully saturated rings. The van der Waals surface area contributed by atoms with Gasteiger partial charge in [0, 0.05) is 10.9 Å². The van der Waals surface area contributed by atoms with E-state index in [0.717, 1.165) is 17.3 Å². The van der Waals surface area contributed by atoms with Crippen molar-refractivity contribution in [3.63, 3.8) is 0 Å². The maximum atomic E-state index is 5.90. The summed E-state index contributed by atoms with van der Waals surface area (Å²) in [5.74, 6) is 0.695. The van der Waals surface area contributed by atoms with E-state index in [4.69, 9.17) is 11.6 Å². The minimum atomic E-state index is 0.621. The molecule has 1 nitrogen and oxygen atoms in total. The summed E-state index contributed by atoms with van der Waals surface area (Å²) in [6.07, 6.45) is 2.33. The van der Waals surface area contributed by atoms with Crippen molar-refractivity contribution in [2.45, 2.75) is 39.7 Å². The van der Waals surface area contributed by atoms with E-state index in [1.54, 1.807) is 11.3 Å². The summed E-state index contributed by atoms with van der Waals surface area (Å²) in [4.78, 5) is 1.39. The molecule has 1 aromatic heterocycles. The SMILES string of the molecule is CCNC(CCc1ccc(Cl)s1)C(C)C. The molecule has 0 aromatic carbocycles. The van der Waals surface area contributed by atoms with Crippen molar-refractivity contribution in [3.05, 3.63) is 21.3 Å². The summed E-state index contributed by atoms with van der Waals surface area (Å²) in [6.45, 7) is 7.76. The van der Waals surface area contributed by atoms with Gasteiger partial charge in [0.2, 0.25) is 0 Å². The lowest BCUT2D eigenvalue weighted by Gasteiger charge is -2.21. The molecule has 3 heteroatoms. The highest BCUT2D eigenvalue weighted by Crippen LogP contribution is 2.23. The second-order valence-corrected chi connectivity index (χ2v) is 5.95. The fraction of sp³-hybridized carbons (Fsp3) is 0.667. The molecule has 86 valence electrons. The molecule has 0 aliphatic heterocycles. The first-order valence-electron chi connectivity index (χ1n) is 5.61. The molecular formula is C12H20ClNS. The van der Waals surface area contributed by atoms with E-state index >= 15 is 0 Å². The summed E-state index contributed by atoms with van der Waals surface area (Å²) in [7, 11) is 0. The van der Waals surface area contributed by atoms with Crippen molar-refractivity contribution in [3.8, 4) is 0 Å². The van der Waals surface area contributed by atoms with Gasteiger partial charge in [0.1, 0.15) is 0 Å². The molecule has 1 atom stereocenters. The number of rotatable bonds is 6. The Labute approximate surface area is 102 Å².